The van der Waals surface area contributed by atoms with Gasteiger partial charge in [0.1, 0.15) is 0 Å². The number of rotatable bonds is 2. The summed E-state index contributed by atoms with van der Waals surface area (Å²) in [4.78, 5) is 0. The fourth-order valence-corrected chi connectivity index (χ4v) is 5.77. The Hall–Kier alpha value is -4.36. The number of hydrogen-bond donors (Lipinski definition) is 1. The van der Waals surface area contributed by atoms with E-state index in [-0.39, 0.29) is 0 Å². The first-order chi connectivity index (χ1) is 17.3. The van der Waals surface area contributed by atoms with Crippen molar-refractivity contribution in [1.29, 1.82) is 0 Å². The third-order valence-corrected chi connectivity index (χ3v) is 7.52. The molecule has 0 heterocycles. The molecule has 166 valence electrons. The highest BCUT2D eigenvalue weighted by atomic mass is 14.6. The van der Waals surface area contributed by atoms with Gasteiger partial charge in [-0.05, 0) is 91.2 Å². The number of anilines is 1. The van der Waals surface area contributed by atoms with Gasteiger partial charge in [-0.1, -0.05) is 97.1 Å². The summed E-state index contributed by atoms with van der Waals surface area (Å²) in [6, 6.07) is 39.2. The highest BCUT2D eigenvalue weighted by molar-refractivity contribution is 6.16. The topological polar surface area (TPSA) is 26.0 Å². The Morgan fingerprint density at radius 2 is 1.26 bits per heavy atom. The number of nitrogen functional groups attached to an aromatic ring is 1. The standard InChI is InChI=1S/C34H25N/c35-34-21-33-28-13-7-6-12-27(28)31-19-26(25-15-14-22-8-4-5-11-24(22)18-25)16-17-29(31)32(33)20-30(34)23-9-2-1-3-10-23/h1-15,18-21H,16-17,35H2. The lowest BCUT2D eigenvalue weighted by atomic mass is 9.81. The van der Waals surface area contributed by atoms with Crippen LogP contribution < -0.4 is 5.73 Å². The predicted octanol–water partition coefficient (Wildman–Crippen LogP) is 8.88. The molecule has 1 nitrogen and oxygen atoms in total. The van der Waals surface area contributed by atoms with E-state index >= 15 is 0 Å². The van der Waals surface area contributed by atoms with Crippen LogP contribution in [-0.2, 0) is 6.42 Å². The molecule has 0 spiro atoms. The van der Waals surface area contributed by atoms with Gasteiger partial charge >= 0.3 is 0 Å². The van der Waals surface area contributed by atoms with Crippen molar-refractivity contribution < 1.29 is 0 Å². The van der Waals surface area contributed by atoms with Gasteiger partial charge in [0.2, 0.25) is 0 Å². The van der Waals surface area contributed by atoms with Crippen LogP contribution in [0.2, 0.25) is 0 Å². The summed E-state index contributed by atoms with van der Waals surface area (Å²) in [6.07, 6.45) is 4.49. The van der Waals surface area contributed by atoms with Gasteiger partial charge in [-0.25, -0.2) is 0 Å². The quantitative estimate of drug-likeness (QED) is 0.208. The molecule has 0 saturated heterocycles. The number of hydrogen-bond acceptors (Lipinski definition) is 1. The van der Waals surface area contributed by atoms with E-state index in [1.165, 1.54) is 54.6 Å². The van der Waals surface area contributed by atoms with Crippen molar-refractivity contribution in [3.8, 4) is 11.1 Å². The first-order valence-electron chi connectivity index (χ1n) is 12.3. The molecule has 1 aliphatic rings. The molecule has 6 aromatic rings. The summed E-state index contributed by atoms with van der Waals surface area (Å²) in [5, 5.41) is 7.72. The Balaban J connectivity index is 1.49. The maximum atomic E-state index is 6.62. The lowest BCUT2D eigenvalue weighted by molar-refractivity contribution is 1.02. The largest absolute Gasteiger partial charge is 0.398 e. The molecule has 0 unspecified atom stereocenters. The molecule has 0 radical (unpaired) electrons. The molecule has 0 aromatic heterocycles. The third-order valence-electron chi connectivity index (χ3n) is 7.52. The van der Waals surface area contributed by atoms with Crippen LogP contribution >= 0.6 is 0 Å². The smallest absolute Gasteiger partial charge is 0.0400 e. The fraction of sp³-hybridized carbons (Fsp3) is 0.0588. The summed E-state index contributed by atoms with van der Waals surface area (Å²) in [5.74, 6) is 0. The number of allylic oxidation sites excluding steroid dienone is 1. The summed E-state index contributed by atoms with van der Waals surface area (Å²) in [6.45, 7) is 0. The van der Waals surface area contributed by atoms with Gasteiger partial charge < -0.3 is 5.73 Å². The maximum Gasteiger partial charge on any atom is 0.0400 e. The Bertz CT molecular complexity index is 1790. The van der Waals surface area contributed by atoms with Gasteiger partial charge in [0.15, 0.2) is 0 Å². The van der Waals surface area contributed by atoms with Crippen LogP contribution in [0.5, 0.6) is 0 Å². The molecule has 2 N–H and O–H groups in total. The van der Waals surface area contributed by atoms with Gasteiger partial charge in [-0.15, -0.1) is 0 Å². The molecular weight excluding hydrogens is 422 g/mol. The van der Waals surface area contributed by atoms with Crippen LogP contribution in [-0.4, -0.2) is 0 Å². The summed E-state index contributed by atoms with van der Waals surface area (Å²) >= 11 is 0. The second-order valence-corrected chi connectivity index (χ2v) is 9.52. The monoisotopic (exact) mass is 447 g/mol. The molecule has 0 saturated carbocycles. The van der Waals surface area contributed by atoms with Crippen LogP contribution in [0.1, 0.15) is 23.1 Å². The zero-order chi connectivity index (χ0) is 23.4. The van der Waals surface area contributed by atoms with Gasteiger partial charge in [0, 0.05) is 11.3 Å². The second-order valence-electron chi connectivity index (χ2n) is 9.52. The molecule has 0 amide bonds. The van der Waals surface area contributed by atoms with Gasteiger partial charge in [-0.3, -0.25) is 0 Å². The summed E-state index contributed by atoms with van der Waals surface area (Å²) < 4.78 is 0. The molecule has 7 rings (SSSR count). The molecule has 35 heavy (non-hydrogen) atoms. The van der Waals surface area contributed by atoms with Crippen molar-refractivity contribution in [2.24, 2.45) is 0 Å². The number of aryl methyl sites for hydroxylation is 1. The van der Waals surface area contributed by atoms with E-state index in [0.717, 1.165) is 29.7 Å². The van der Waals surface area contributed by atoms with Crippen molar-refractivity contribution in [3.63, 3.8) is 0 Å². The van der Waals surface area contributed by atoms with Crippen molar-refractivity contribution in [2.45, 2.75) is 12.8 Å². The van der Waals surface area contributed by atoms with Gasteiger partial charge in [0.05, 0.1) is 0 Å². The molecular formula is C34H25N. The molecule has 1 aliphatic carbocycles. The second kappa shape index (κ2) is 7.85. The van der Waals surface area contributed by atoms with Crippen molar-refractivity contribution in [3.05, 3.63) is 126 Å². The molecule has 0 fully saturated rings. The van der Waals surface area contributed by atoms with Gasteiger partial charge in [0.25, 0.3) is 0 Å². The lowest BCUT2D eigenvalue weighted by Crippen LogP contribution is -2.03. The normalized spacial score (nSPS) is 13.2. The average molecular weight is 448 g/mol. The molecule has 6 aromatic carbocycles. The van der Waals surface area contributed by atoms with E-state index in [1.54, 1.807) is 0 Å². The van der Waals surface area contributed by atoms with E-state index in [9.17, 15) is 0 Å². The first-order valence-corrected chi connectivity index (χ1v) is 12.3. The van der Waals surface area contributed by atoms with Crippen LogP contribution in [0.3, 0.4) is 0 Å². The molecule has 0 aliphatic heterocycles. The van der Waals surface area contributed by atoms with Crippen molar-refractivity contribution in [2.75, 3.05) is 5.73 Å². The van der Waals surface area contributed by atoms with Crippen molar-refractivity contribution in [1.82, 2.24) is 0 Å². The number of nitrogens with two attached hydrogens (primary N) is 1. The Labute approximate surface area is 205 Å². The highest BCUT2D eigenvalue weighted by Gasteiger charge is 2.20. The zero-order valence-corrected chi connectivity index (χ0v) is 19.5. The van der Waals surface area contributed by atoms with Crippen LogP contribution in [0, 0.1) is 0 Å². The predicted molar refractivity (Wildman–Crippen MR) is 151 cm³/mol. The minimum atomic E-state index is 0.831. The molecule has 0 atom stereocenters. The first kappa shape index (κ1) is 20.1. The summed E-state index contributed by atoms with van der Waals surface area (Å²) in [5.41, 5.74) is 15.2. The highest BCUT2D eigenvalue weighted by Crippen LogP contribution is 2.43. The van der Waals surface area contributed by atoms with Crippen LogP contribution in [0.15, 0.2) is 109 Å². The minimum Gasteiger partial charge on any atom is -0.398 e. The lowest BCUT2D eigenvalue weighted by Gasteiger charge is -2.23. The van der Waals surface area contributed by atoms with E-state index in [2.05, 4.69) is 115 Å². The maximum absolute atomic E-state index is 6.62. The number of fused-ring (bicyclic) bond motifs is 7. The van der Waals surface area contributed by atoms with E-state index in [4.69, 9.17) is 5.73 Å². The van der Waals surface area contributed by atoms with E-state index in [1.807, 2.05) is 0 Å². The Kier molecular flexibility index (Phi) is 4.50. The fourth-order valence-electron chi connectivity index (χ4n) is 5.77. The van der Waals surface area contributed by atoms with Gasteiger partial charge in [-0.2, -0.15) is 0 Å². The zero-order valence-electron chi connectivity index (χ0n) is 19.5. The number of benzene rings is 6. The molecule has 1 heteroatoms. The SMILES string of the molecule is Nc1cc2c(cc1-c1ccccc1)c1c(c3ccccc32)C=C(c2ccc3ccccc3c2)CC1. The van der Waals surface area contributed by atoms with Crippen LogP contribution in [0.4, 0.5) is 5.69 Å². The molecule has 0 bridgehead atoms. The van der Waals surface area contributed by atoms with Crippen molar-refractivity contribution >= 4 is 49.7 Å². The minimum absolute atomic E-state index is 0.831. The Morgan fingerprint density at radius 3 is 2.11 bits per heavy atom. The van der Waals surface area contributed by atoms with E-state index < -0.39 is 0 Å². The van der Waals surface area contributed by atoms with E-state index in [0.29, 0.717) is 0 Å². The summed E-state index contributed by atoms with van der Waals surface area (Å²) in [7, 11) is 0. The van der Waals surface area contributed by atoms with Crippen LogP contribution in [0.25, 0.3) is 55.1 Å². The third kappa shape index (κ3) is 3.24. The Morgan fingerprint density at radius 1 is 0.514 bits per heavy atom. The average Bonchev–Trinajstić information content (AvgIpc) is 2.93.